The van der Waals surface area contributed by atoms with E-state index < -0.39 is 0 Å². The van der Waals surface area contributed by atoms with Crippen LogP contribution in [0.2, 0.25) is 0 Å². The number of anilines is 2. The summed E-state index contributed by atoms with van der Waals surface area (Å²) in [5.74, 6) is 0.511. The highest BCUT2D eigenvalue weighted by Gasteiger charge is 2.21. The Morgan fingerprint density at radius 3 is 2.74 bits per heavy atom. The molecule has 3 rings (SSSR count). The Balaban J connectivity index is 1.60. The van der Waals surface area contributed by atoms with E-state index in [9.17, 15) is 4.79 Å². The van der Waals surface area contributed by atoms with E-state index in [1.165, 1.54) is 34.2 Å². The lowest BCUT2D eigenvalue weighted by Crippen LogP contribution is -2.45. The van der Waals surface area contributed by atoms with Crippen LogP contribution in [0, 0.1) is 0 Å². The van der Waals surface area contributed by atoms with Gasteiger partial charge in [0.1, 0.15) is 0 Å². The van der Waals surface area contributed by atoms with Crippen molar-refractivity contribution in [1.82, 2.24) is 15.1 Å². The highest BCUT2D eigenvalue weighted by Crippen LogP contribution is 2.31. The first-order valence-electron chi connectivity index (χ1n) is 9.34. The van der Waals surface area contributed by atoms with Crippen LogP contribution in [0.1, 0.15) is 31.9 Å². The summed E-state index contributed by atoms with van der Waals surface area (Å²) in [4.78, 5) is 14.2. The van der Waals surface area contributed by atoms with E-state index in [2.05, 4.69) is 47.6 Å². The van der Waals surface area contributed by atoms with Crippen LogP contribution in [0.3, 0.4) is 0 Å². The molecule has 1 atom stereocenters. The number of carbonyl (C=O) groups excluding carboxylic acids is 1. The van der Waals surface area contributed by atoms with E-state index in [-0.39, 0.29) is 12.0 Å². The average molecular weight is 407 g/mol. The SMILES string of the molecule is CCc1cccc(CC)c1Nc1nnc(SCC(=O)N2CCOC(C)C2)s1. The number of ether oxygens (including phenoxy) is 1. The normalized spacial score (nSPS) is 17.1. The molecule has 2 heterocycles. The molecule has 1 saturated heterocycles. The van der Waals surface area contributed by atoms with Gasteiger partial charge in [-0.1, -0.05) is 55.1 Å². The lowest BCUT2D eigenvalue weighted by atomic mass is 10.0. The molecule has 1 aliphatic rings. The van der Waals surface area contributed by atoms with Crippen molar-refractivity contribution in [3.05, 3.63) is 29.3 Å². The Bertz CT molecular complexity index is 759. The van der Waals surface area contributed by atoms with Crippen LogP contribution in [-0.2, 0) is 22.4 Å². The van der Waals surface area contributed by atoms with Gasteiger partial charge in [0.25, 0.3) is 0 Å². The van der Waals surface area contributed by atoms with Gasteiger partial charge < -0.3 is 15.0 Å². The molecule has 0 aliphatic carbocycles. The van der Waals surface area contributed by atoms with Gasteiger partial charge in [0.15, 0.2) is 4.34 Å². The number of benzene rings is 1. The number of rotatable bonds is 7. The Hall–Kier alpha value is -1.64. The van der Waals surface area contributed by atoms with Crippen LogP contribution in [0.5, 0.6) is 0 Å². The van der Waals surface area contributed by atoms with Crippen molar-refractivity contribution in [3.8, 4) is 0 Å². The van der Waals surface area contributed by atoms with E-state index in [0.717, 1.165) is 28.0 Å². The fourth-order valence-electron chi connectivity index (χ4n) is 3.09. The van der Waals surface area contributed by atoms with Crippen molar-refractivity contribution in [2.24, 2.45) is 0 Å². The van der Waals surface area contributed by atoms with E-state index >= 15 is 0 Å². The molecule has 2 aromatic rings. The maximum Gasteiger partial charge on any atom is 0.233 e. The van der Waals surface area contributed by atoms with Gasteiger partial charge in [0.2, 0.25) is 11.0 Å². The first kappa shape index (κ1) is 20.1. The highest BCUT2D eigenvalue weighted by atomic mass is 32.2. The number of hydrogen-bond acceptors (Lipinski definition) is 7. The van der Waals surface area contributed by atoms with Gasteiger partial charge in [0, 0.05) is 18.8 Å². The number of aryl methyl sites for hydroxylation is 2. The number of nitrogens with zero attached hydrogens (tertiary/aromatic N) is 3. The largest absolute Gasteiger partial charge is 0.375 e. The molecule has 1 aromatic heterocycles. The van der Waals surface area contributed by atoms with E-state index in [0.29, 0.717) is 25.4 Å². The number of thioether (sulfide) groups is 1. The second kappa shape index (κ2) is 9.52. The molecular formula is C19H26N4O2S2. The molecule has 0 spiro atoms. The summed E-state index contributed by atoms with van der Waals surface area (Å²) in [6, 6.07) is 6.38. The molecule has 1 fully saturated rings. The summed E-state index contributed by atoms with van der Waals surface area (Å²) in [7, 11) is 0. The van der Waals surface area contributed by atoms with Gasteiger partial charge in [-0.3, -0.25) is 4.79 Å². The van der Waals surface area contributed by atoms with E-state index in [1.807, 2.05) is 11.8 Å². The topological polar surface area (TPSA) is 67.4 Å². The molecule has 1 unspecified atom stereocenters. The minimum atomic E-state index is 0.108. The minimum Gasteiger partial charge on any atom is -0.375 e. The predicted molar refractivity (Wildman–Crippen MR) is 111 cm³/mol. The predicted octanol–water partition coefficient (Wildman–Crippen LogP) is 3.75. The number of morpholine rings is 1. The quantitative estimate of drug-likeness (QED) is 0.707. The Morgan fingerprint density at radius 2 is 2.07 bits per heavy atom. The number of para-hydroxylation sites is 1. The van der Waals surface area contributed by atoms with Crippen LogP contribution < -0.4 is 5.32 Å². The summed E-state index contributed by atoms with van der Waals surface area (Å²) in [5.41, 5.74) is 3.68. The summed E-state index contributed by atoms with van der Waals surface area (Å²) in [6.07, 6.45) is 2.03. The minimum absolute atomic E-state index is 0.108. The van der Waals surface area contributed by atoms with Gasteiger partial charge >= 0.3 is 0 Å². The third-order valence-electron chi connectivity index (χ3n) is 4.55. The zero-order valence-electron chi connectivity index (χ0n) is 16.0. The number of nitrogens with one attached hydrogen (secondary N) is 1. The molecule has 1 N–H and O–H groups in total. The first-order chi connectivity index (χ1) is 13.1. The number of aromatic nitrogens is 2. The molecule has 0 saturated carbocycles. The molecule has 146 valence electrons. The molecule has 0 bridgehead atoms. The molecular weight excluding hydrogens is 380 g/mol. The second-order valence-electron chi connectivity index (χ2n) is 6.47. The van der Waals surface area contributed by atoms with Crippen molar-refractivity contribution in [2.45, 2.75) is 44.1 Å². The van der Waals surface area contributed by atoms with Gasteiger partial charge in [-0.05, 0) is 30.9 Å². The van der Waals surface area contributed by atoms with Crippen LogP contribution >= 0.6 is 23.1 Å². The average Bonchev–Trinajstić information content (AvgIpc) is 3.13. The standard InChI is InChI=1S/C19H26N4O2S2/c1-4-14-7-6-8-15(5-2)17(14)20-18-21-22-19(27-18)26-12-16(24)23-9-10-25-13(3)11-23/h6-8,13H,4-5,9-12H2,1-3H3,(H,20,21). The number of amides is 1. The molecule has 6 nitrogen and oxygen atoms in total. The summed E-state index contributed by atoms with van der Waals surface area (Å²) >= 11 is 2.94. The first-order valence-corrected chi connectivity index (χ1v) is 11.1. The summed E-state index contributed by atoms with van der Waals surface area (Å²) in [5, 5.41) is 12.7. The van der Waals surface area contributed by atoms with Crippen molar-refractivity contribution in [2.75, 3.05) is 30.8 Å². The molecule has 1 amide bonds. The summed E-state index contributed by atoms with van der Waals surface area (Å²) < 4.78 is 6.29. The van der Waals surface area contributed by atoms with E-state index in [1.54, 1.807) is 0 Å². The second-order valence-corrected chi connectivity index (χ2v) is 8.67. The third-order valence-corrected chi connectivity index (χ3v) is 6.51. The van der Waals surface area contributed by atoms with Gasteiger partial charge in [-0.25, -0.2) is 0 Å². The summed E-state index contributed by atoms with van der Waals surface area (Å²) in [6.45, 7) is 8.24. The van der Waals surface area contributed by atoms with Crippen LogP contribution in [0.15, 0.2) is 22.5 Å². The van der Waals surface area contributed by atoms with Gasteiger partial charge in [0.05, 0.1) is 18.5 Å². The van der Waals surface area contributed by atoms with Crippen LogP contribution in [0.4, 0.5) is 10.8 Å². The Labute approximate surface area is 168 Å². The fraction of sp³-hybridized carbons (Fsp3) is 0.526. The molecule has 27 heavy (non-hydrogen) atoms. The Kier molecular flexibility index (Phi) is 7.09. The maximum absolute atomic E-state index is 12.4. The van der Waals surface area contributed by atoms with E-state index in [4.69, 9.17) is 4.74 Å². The van der Waals surface area contributed by atoms with Crippen LogP contribution in [0.25, 0.3) is 0 Å². The van der Waals surface area contributed by atoms with Crippen molar-refractivity contribution >= 4 is 39.8 Å². The zero-order chi connectivity index (χ0) is 19.2. The molecule has 1 aliphatic heterocycles. The van der Waals surface area contributed by atoms with Crippen LogP contribution in [-0.4, -0.2) is 52.6 Å². The maximum atomic E-state index is 12.4. The highest BCUT2D eigenvalue weighted by molar-refractivity contribution is 8.01. The van der Waals surface area contributed by atoms with Crippen molar-refractivity contribution < 1.29 is 9.53 Å². The smallest absolute Gasteiger partial charge is 0.233 e. The van der Waals surface area contributed by atoms with Crippen molar-refractivity contribution in [3.63, 3.8) is 0 Å². The number of hydrogen-bond donors (Lipinski definition) is 1. The molecule has 8 heteroatoms. The molecule has 0 radical (unpaired) electrons. The Morgan fingerprint density at radius 1 is 1.33 bits per heavy atom. The lowest BCUT2D eigenvalue weighted by Gasteiger charge is -2.31. The van der Waals surface area contributed by atoms with Gasteiger partial charge in [-0.2, -0.15) is 0 Å². The van der Waals surface area contributed by atoms with Crippen molar-refractivity contribution in [1.29, 1.82) is 0 Å². The number of carbonyl (C=O) groups is 1. The zero-order valence-corrected chi connectivity index (χ0v) is 17.7. The third kappa shape index (κ3) is 5.21. The lowest BCUT2D eigenvalue weighted by molar-refractivity contribution is -0.135. The van der Waals surface area contributed by atoms with Gasteiger partial charge in [-0.15, -0.1) is 10.2 Å². The molecule has 1 aromatic carbocycles. The monoisotopic (exact) mass is 406 g/mol. The fourth-order valence-corrected chi connectivity index (χ4v) is 4.75.